The van der Waals surface area contributed by atoms with E-state index in [4.69, 9.17) is 0 Å². The third-order valence-corrected chi connectivity index (χ3v) is 1.90. The molecule has 0 aromatic rings. The van der Waals surface area contributed by atoms with Crippen LogP contribution in [0.3, 0.4) is 0 Å². The highest BCUT2D eigenvalue weighted by atomic mass is 16.5. The maximum atomic E-state index is 10.7. The van der Waals surface area contributed by atoms with E-state index in [9.17, 15) is 9.90 Å². The number of carbonyl (C=O) groups is 1. The van der Waals surface area contributed by atoms with E-state index in [0.717, 1.165) is 6.42 Å². The van der Waals surface area contributed by atoms with E-state index in [1.54, 1.807) is 0 Å². The summed E-state index contributed by atoms with van der Waals surface area (Å²) in [7, 11) is 1.33. The predicted octanol–water partition coefficient (Wildman–Crippen LogP) is 0.956. The Labute approximate surface area is 67.4 Å². The minimum Gasteiger partial charge on any atom is -0.469 e. The molecule has 0 heterocycles. The molecular weight excluding hydrogens is 144 g/mol. The Kier molecular flexibility index (Phi) is 4.86. The number of rotatable bonds is 4. The fraction of sp³-hybridized carbons (Fsp3) is 0.875. The monoisotopic (exact) mass is 160 g/mol. The summed E-state index contributed by atoms with van der Waals surface area (Å²) in [6.07, 6.45) is 0.413. The molecule has 2 atom stereocenters. The fourth-order valence-electron chi connectivity index (χ4n) is 0.727. The number of carbonyl (C=O) groups excluding carboxylic acids is 1. The number of hydrogen-bond acceptors (Lipinski definition) is 3. The van der Waals surface area contributed by atoms with Gasteiger partial charge >= 0.3 is 5.97 Å². The molecule has 0 radical (unpaired) electrons. The number of esters is 1. The van der Waals surface area contributed by atoms with Crippen LogP contribution in [0.5, 0.6) is 0 Å². The molecule has 0 saturated carbocycles. The largest absolute Gasteiger partial charge is 0.469 e. The van der Waals surface area contributed by atoms with Crippen molar-refractivity contribution < 1.29 is 14.6 Å². The fourth-order valence-corrected chi connectivity index (χ4v) is 0.727. The molecule has 0 bridgehead atoms. The summed E-state index contributed by atoms with van der Waals surface area (Å²) in [6, 6.07) is 0. The molecule has 3 nitrogen and oxygen atoms in total. The second kappa shape index (κ2) is 5.13. The summed E-state index contributed by atoms with van der Waals surface area (Å²) in [4.78, 5) is 10.7. The van der Waals surface area contributed by atoms with Crippen LogP contribution in [-0.2, 0) is 9.53 Å². The number of ether oxygens (including phenoxy) is 1. The molecule has 3 heteroatoms. The average Bonchev–Trinajstić information content (AvgIpc) is 2.02. The van der Waals surface area contributed by atoms with Crippen molar-refractivity contribution in [2.75, 3.05) is 7.11 Å². The molecule has 0 aromatic carbocycles. The summed E-state index contributed by atoms with van der Waals surface area (Å²) in [5.41, 5.74) is 0. The molecule has 0 aliphatic heterocycles. The quantitative estimate of drug-likeness (QED) is 0.623. The van der Waals surface area contributed by atoms with Crippen LogP contribution in [0, 0.1) is 5.92 Å². The molecular formula is C8H16O3. The van der Waals surface area contributed by atoms with Crippen molar-refractivity contribution in [3.05, 3.63) is 0 Å². The van der Waals surface area contributed by atoms with E-state index in [-0.39, 0.29) is 18.3 Å². The van der Waals surface area contributed by atoms with Crippen LogP contribution in [0.2, 0.25) is 0 Å². The zero-order valence-electron chi connectivity index (χ0n) is 7.33. The zero-order chi connectivity index (χ0) is 8.85. The molecule has 1 N–H and O–H groups in total. The highest BCUT2D eigenvalue weighted by Crippen LogP contribution is 2.10. The molecule has 0 amide bonds. The van der Waals surface area contributed by atoms with Gasteiger partial charge in [-0.1, -0.05) is 20.3 Å². The van der Waals surface area contributed by atoms with Gasteiger partial charge in [-0.2, -0.15) is 0 Å². The van der Waals surface area contributed by atoms with Gasteiger partial charge in [0, 0.05) is 0 Å². The Morgan fingerprint density at radius 2 is 2.18 bits per heavy atom. The van der Waals surface area contributed by atoms with Gasteiger partial charge < -0.3 is 9.84 Å². The molecule has 11 heavy (non-hydrogen) atoms. The lowest BCUT2D eigenvalue weighted by Gasteiger charge is -2.14. The van der Waals surface area contributed by atoms with Crippen LogP contribution in [0.4, 0.5) is 0 Å². The van der Waals surface area contributed by atoms with Crippen molar-refractivity contribution in [1.29, 1.82) is 0 Å². The van der Waals surface area contributed by atoms with E-state index in [1.807, 2.05) is 13.8 Å². The lowest BCUT2D eigenvalue weighted by atomic mass is 10.00. The van der Waals surface area contributed by atoms with Gasteiger partial charge in [-0.3, -0.25) is 4.79 Å². The maximum absolute atomic E-state index is 10.7. The van der Waals surface area contributed by atoms with Crippen molar-refractivity contribution in [2.45, 2.75) is 32.8 Å². The van der Waals surface area contributed by atoms with Crippen molar-refractivity contribution in [2.24, 2.45) is 5.92 Å². The predicted molar refractivity (Wildman–Crippen MR) is 42.1 cm³/mol. The van der Waals surface area contributed by atoms with Crippen molar-refractivity contribution >= 4 is 5.97 Å². The van der Waals surface area contributed by atoms with Gasteiger partial charge in [-0.25, -0.2) is 0 Å². The van der Waals surface area contributed by atoms with Gasteiger partial charge in [0.1, 0.15) is 0 Å². The van der Waals surface area contributed by atoms with E-state index < -0.39 is 6.10 Å². The number of methoxy groups -OCH3 is 1. The molecule has 0 aliphatic carbocycles. The molecule has 0 fully saturated rings. The van der Waals surface area contributed by atoms with Crippen molar-refractivity contribution in [3.63, 3.8) is 0 Å². The van der Waals surface area contributed by atoms with Gasteiger partial charge in [-0.05, 0) is 5.92 Å². The van der Waals surface area contributed by atoms with Crippen LogP contribution in [0.1, 0.15) is 26.7 Å². The lowest BCUT2D eigenvalue weighted by Crippen LogP contribution is -2.21. The highest BCUT2D eigenvalue weighted by molar-refractivity contribution is 5.69. The van der Waals surface area contributed by atoms with E-state index in [1.165, 1.54) is 7.11 Å². The third kappa shape index (κ3) is 3.98. The third-order valence-electron chi connectivity index (χ3n) is 1.90. The summed E-state index contributed by atoms with van der Waals surface area (Å²) < 4.78 is 4.42. The van der Waals surface area contributed by atoms with Crippen LogP contribution in [0.25, 0.3) is 0 Å². The Bertz CT molecular complexity index is 123. The Hall–Kier alpha value is -0.570. The minimum absolute atomic E-state index is 0.103. The number of aliphatic hydroxyl groups excluding tert-OH is 1. The van der Waals surface area contributed by atoms with Gasteiger partial charge in [-0.15, -0.1) is 0 Å². The Morgan fingerprint density at radius 3 is 2.55 bits per heavy atom. The number of hydrogen-bond donors (Lipinski definition) is 1. The molecule has 0 rings (SSSR count). The first-order valence-electron chi connectivity index (χ1n) is 3.86. The Balaban J connectivity index is 3.67. The second-order valence-electron chi connectivity index (χ2n) is 2.73. The lowest BCUT2D eigenvalue weighted by molar-refractivity contribution is -0.143. The summed E-state index contributed by atoms with van der Waals surface area (Å²) in [5, 5.41) is 9.32. The van der Waals surface area contributed by atoms with Crippen LogP contribution in [0.15, 0.2) is 0 Å². The molecule has 66 valence electrons. The maximum Gasteiger partial charge on any atom is 0.308 e. The SMILES string of the molecule is CC[C@H](C)[C@H](O)CC(=O)OC. The first kappa shape index (κ1) is 10.4. The van der Waals surface area contributed by atoms with E-state index in [0.29, 0.717) is 0 Å². The van der Waals surface area contributed by atoms with E-state index in [2.05, 4.69) is 4.74 Å². The number of aliphatic hydroxyl groups is 1. The van der Waals surface area contributed by atoms with E-state index >= 15 is 0 Å². The smallest absolute Gasteiger partial charge is 0.308 e. The topological polar surface area (TPSA) is 46.5 Å². The van der Waals surface area contributed by atoms with Crippen LogP contribution >= 0.6 is 0 Å². The van der Waals surface area contributed by atoms with Gasteiger partial charge in [0.25, 0.3) is 0 Å². The normalized spacial score (nSPS) is 15.6. The molecule has 0 aliphatic rings. The second-order valence-corrected chi connectivity index (χ2v) is 2.73. The molecule has 0 saturated heterocycles. The molecule has 0 spiro atoms. The molecule has 0 unspecified atom stereocenters. The summed E-state index contributed by atoms with van der Waals surface area (Å²) in [5.74, 6) is -0.188. The van der Waals surface area contributed by atoms with Gasteiger partial charge in [0.2, 0.25) is 0 Å². The average molecular weight is 160 g/mol. The highest BCUT2D eigenvalue weighted by Gasteiger charge is 2.16. The summed E-state index contributed by atoms with van der Waals surface area (Å²) in [6.45, 7) is 3.89. The zero-order valence-corrected chi connectivity index (χ0v) is 7.33. The van der Waals surface area contributed by atoms with Gasteiger partial charge in [0.15, 0.2) is 0 Å². The molecule has 0 aromatic heterocycles. The Morgan fingerprint density at radius 1 is 1.64 bits per heavy atom. The first-order valence-corrected chi connectivity index (χ1v) is 3.86. The van der Waals surface area contributed by atoms with Gasteiger partial charge in [0.05, 0.1) is 19.6 Å². The minimum atomic E-state index is -0.563. The van der Waals surface area contributed by atoms with Crippen molar-refractivity contribution in [3.8, 4) is 0 Å². The van der Waals surface area contributed by atoms with Crippen LogP contribution < -0.4 is 0 Å². The first-order chi connectivity index (χ1) is 5.11. The standard InChI is InChI=1S/C8H16O3/c1-4-6(2)7(9)5-8(10)11-3/h6-7,9H,4-5H2,1-3H3/t6-,7+/m0/s1. The van der Waals surface area contributed by atoms with Crippen molar-refractivity contribution in [1.82, 2.24) is 0 Å². The summed E-state index contributed by atoms with van der Waals surface area (Å²) >= 11 is 0. The van der Waals surface area contributed by atoms with Crippen LogP contribution in [-0.4, -0.2) is 24.3 Å².